The van der Waals surface area contributed by atoms with Crippen molar-refractivity contribution < 1.29 is 9.47 Å². The van der Waals surface area contributed by atoms with E-state index in [1.807, 2.05) is 24.3 Å². The molecule has 0 saturated carbocycles. The molecule has 0 aliphatic carbocycles. The summed E-state index contributed by atoms with van der Waals surface area (Å²) in [4.78, 5) is 10.5. The second-order valence-electron chi connectivity index (χ2n) is 5.93. The number of benzene rings is 1. The summed E-state index contributed by atoms with van der Waals surface area (Å²) in [5.41, 5.74) is 0. The summed E-state index contributed by atoms with van der Waals surface area (Å²) in [5, 5.41) is 0. The number of hydrogen-bond acceptors (Lipinski definition) is 5. The van der Waals surface area contributed by atoms with Crippen LogP contribution in [-0.2, 0) is 0 Å². The van der Waals surface area contributed by atoms with Crippen molar-refractivity contribution >= 4 is 0 Å². The monoisotopic (exact) mass is 299 g/mol. The molecular weight excluding hydrogens is 278 g/mol. The molecule has 116 valence electrons. The van der Waals surface area contributed by atoms with Gasteiger partial charge in [-0.15, -0.1) is 0 Å². The Morgan fingerprint density at radius 2 is 2.14 bits per heavy atom. The van der Waals surface area contributed by atoms with E-state index in [0.717, 1.165) is 25.4 Å². The lowest BCUT2D eigenvalue weighted by atomic mass is 10.2. The van der Waals surface area contributed by atoms with E-state index in [9.17, 15) is 0 Å². The summed E-state index contributed by atoms with van der Waals surface area (Å²) in [7, 11) is 0. The minimum Gasteiger partial charge on any atom is -0.492 e. The normalized spacial score (nSPS) is 20.0. The van der Waals surface area contributed by atoms with Crippen molar-refractivity contribution in [3.63, 3.8) is 0 Å². The van der Waals surface area contributed by atoms with Gasteiger partial charge in [0.2, 0.25) is 5.88 Å². The molecule has 3 rings (SSSR count). The van der Waals surface area contributed by atoms with Crippen molar-refractivity contribution in [2.45, 2.75) is 19.9 Å². The van der Waals surface area contributed by atoms with E-state index in [1.165, 1.54) is 0 Å². The lowest BCUT2D eigenvalue weighted by Gasteiger charge is -2.10. The van der Waals surface area contributed by atoms with Crippen LogP contribution < -0.4 is 9.47 Å². The van der Waals surface area contributed by atoms with Gasteiger partial charge in [0.15, 0.2) is 0 Å². The highest BCUT2D eigenvalue weighted by Crippen LogP contribution is 2.25. The van der Waals surface area contributed by atoms with Crippen LogP contribution in [0.25, 0.3) is 0 Å². The largest absolute Gasteiger partial charge is 0.492 e. The molecule has 1 aliphatic heterocycles. The fourth-order valence-electron chi connectivity index (χ4n) is 2.35. The molecule has 1 aliphatic rings. The van der Waals surface area contributed by atoms with E-state index in [0.29, 0.717) is 23.6 Å². The Kier molecular flexibility index (Phi) is 4.53. The predicted octanol–water partition coefficient (Wildman–Crippen LogP) is 2.99. The summed E-state index contributed by atoms with van der Waals surface area (Å²) in [5.74, 6) is 2.70. The fourth-order valence-corrected chi connectivity index (χ4v) is 2.35. The first-order valence-corrected chi connectivity index (χ1v) is 7.61. The average Bonchev–Trinajstić information content (AvgIpc) is 3.24. The lowest BCUT2D eigenvalue weighted by Crippen LogP contribution is -2.14. The van der Waals surface area contributed by atoms with Gasteiger partial charge < -0.3 is 9.47 Å². The van der Waals surface area contributed by atoms with Crippen molar-refractivity contribution in [2.75, 3.05) is 19.7 Å². The molecule has 1 fully saturated rings. The van der Waals surface area contributed by atoms with Crippen molar-refractivity contribution in [2.24, 2.45) is 5.92 Å². The van der Waals surface area contributed by atoms with E-state index in [4.69, 9.17) is 9.47 Å². The molecule has 0 bridgehead atoms. The molecule has 0 N–H and O–H groups in total. The number of aromatic nitrogens is 2. The van der Waals surface area contributed by atoms with Crippen LogP contribution in [0.5, 0.6) is 17.4 Å². The third kappa shape index (κ3) is 4.18. The fraction of sp³-hybridized carbons (Fsp3) is 0.412. The average molecular weight is 299 g/mol. The molecule has 2 atom stereocenters. The van der Waals surface area contributed by atoms with Gasteiger partial charge in [-0.1, -0.05) is 19.9 Å². The van der Waals surface area contributed by atoms with Crippen molar-refractivity contribution in [3.8, 4) is 17.4 Å². The molecule has 0 amide bonds. The van der Waals surface area contributed by atoms with Gasteiger partial charge in [-0.05, 0) is 18.1 Å². The van der Waals surface area contributed by atoms with Crippen LogP contribution in [0, 0.1) is 5.92 Å². The van der Waals surface area contributed by atoms with E-state index < -0.39 is 0 Å². The van der Waals surface area contributed by atoms with Crippen LogP contribution in [0.3, 0.4) is 0 Å². The first-order chi connectivity index (χ1) is 10.7. The highest BCUT2D eigenvalue weighted by Gasteiger charge is 2.34. The highest BCUT2D eigenvalue weighted by atomic mass is 16.5. The van der Waals surface area contributed by atoms with E-state index in [2.05, 4.69) is 28.7 Å². The zero-order valence-corrected chi connectivity index (χ0v) is 13.0. The second-order valence-corrected chi connectivity index (χ2v) is 5.93. The van der Waals surface area contributed by atoms with Crippen molar-refractivity contribution in [1.29, 1.82) is 0 Å². The molecule has 22 heavy (non-hydrogen) atoms. The van der Waals surface area contributed by atoms with Crippen LogP contribution in [0.2, 0.25) is 0 Å². The Hall–Kier alpha value is -2.14. The van der Waals surface area contributed by atoms with Crippen molar-refractivity contribution in [3.05, 3.63) is 42.9 Å². The number of ether oxygens (including phenoxy) is 2. The second kappa shape index (κ2) is 6.75. The minimum absolute atomic E-state index is 0.477. The van der Waals surface area contributed by atoms with E-state index >= 15 is 0 Å². The third-order valence-electron chi connectivity index (χ3n) is 3.44. The Morgan fingerprint density at radius 1 is 1.27 bits per heavy atom. The van der Waals surface area contributed by atoms with E-state index in [-0.39, 0.29) is 0 Å². The molecule has 1 aromatic carbocycles. The van der Waals surface area contributed by atoms with Gasteiger partial charge in [-0.25, -0.2) is 4.98 Å². The molecule has 5 heteroatoms. The third-order valence-corrected chi connectivity index (χ3v) is 3.44. The molecular formula is C17H21N3O2. The number of hydrogen-bond donors (Lipinski definition) is 0. The molecule has 2 unspecified atom stereocenters. The van der Waals surface area contributed by atoms with E-state index in [1.54, 1.807) is 18.6 Å². The standard InChI is InChI=1S/C17H21N3O2/c1-13(2)10-20-11-14(20)12-21-15-4-3-5-16(8-15)22-17-9-18-6-7-19-17/h3-9,13-14H,10-12H2,1-2H3. The van der Waals surface area contributed by atoms with Gasteiger partial charge in [0.25, 0.3) is 0 Å². The highest BCUT2D eigenvalue weighted by molar-refractivity contribution is 5.34. The summed E-state index contributed by atoms with van der Waals surface area (Å²) >= 11 is 0. The first kappa shape index (κ1) is 14.8. The van der Waals surface area contributed by atoms with Crippen molar-refractivity contribution in [1.82, 2.24) is 14.9 Å². The summed E-state index contributed by atoms with van der Waals surface area (Å²) in [6, 6.07) is 8.17. The topological polar surface area (TPSA) is 47.2 Å². The number of nitrogens with zero attached hydrogens (tertiary/aromatic N) is 3. The molecule has 5 nitrogen and oxygen atoms in total. The Balaban J connectivity index is 1.52. The van der Waals surface area contributed by atoms with Gasteiger partial charge in [0.1, 0.15) is 18.1 Å². The van der Waals surface area contributed by atoms with Crippen LogP contribution >= 0.6 is 0 Å². The maximum absolute atomic E-state index is 5.86. The van der Waals surface area contributed by atoms with Gasteiger partial charge in [-0.3, -0.25) is 9.88 Å². The van der Waals surface area contributed by atoms with Crippen LogP contribution in [0.15, 0.2) is 42.9 Å². The minimum atomic E-state index is 0.477. The van der Waals surface area contributed by atoms with Gasteiger partial charge >= 0.3 is 0 Å². The molecule has 2 aromatic rings. The molecule has 0 spiro atoms. The Labute approximate surface area is 130 Å². The Morgan fingerprint density at radius 3 is 2.91 bits per heavy atom. The zero-order valence-electron chi connectivity index (χ0n) is 13.0. The summed E-state index contributed by atoms with van der Waals surface area (Å²) in [6.45, 7) is 7.48. The molecule has 1 aromatic heterocycles. The maximum atomic E-state index is 5.86. The summed E-state index contributed by atoms with van der Waals surface area (Å²) in [6.07, 6.45) is 4.80. The van der Waals surface area contributed by atoms with Crippen LogP contribution in [0.1, 0.15) is 13.8 Å². The molecule has 0 radical (unpaired) electrons. The van der Waals surface area contributed by atoms with Crippen LogP contribution in [0.4, 0.5) is 0 Å². The van der Waals surface area contributed by atoms with Gasteiger partial charge in [-0.2, -0.15) is 0 Å². The van der Waals surface area contributed by atoms with Gasteiger partial charge in [0, 0.05) is 31.5 Å². The zero-order chi connectivity index (χ0) is 15.4. The lowest BCUT2D eigenvalue weighted by molar-refractivity contribution is 0.286. The summed E-state index contributed by atoms with van der Waals surface area (Å²) < 4.78 is 11.5. The molecule has 1 saturated heterocycles. The first-order valence-electron chi connectivity index (χ1n) is 7.61. The van der Waals surface area contributed by atoms with Gasteiger partial charge in [0.05, 0.1) is 12.2 Å². The number of rotatable bonds is 7. The quantitative estimate of drug-likeness (QED) is 0.736. The SMILES string of the molecule is CC(C)CN1CC1COc1cccc(Oc2cnccn2)c1. The smallest absolute Gasteiger partial charge is 0.237 e. The predicted molar refractivity (Wildman–Crippen MR) is 84.2 cm³/mol. The Bertz CT molecular complexity index is 604. The van der Waals surface area contributed by atoms with Crippen LogP contribution in [-0.4, -0.2) is 40.6 Å². The molecule has 2 heterocycles. The maximum Gasteiger partial charge on any atom is 0.237 e.